The Kier molecular flexibility index (Phi) is 4.28. The molecule has 3 nitrogen and oxygen atoms in total. The van der Waals surface area contributed by atoms with Gasteiger partial charge in [0.2, 0.25) is 0 Å². The van der Waals surface area contributed by atoms with E-state index >= 15 is 0 Å². The summed E-state index contributed by atoms with van der Waals surface area (Å²) in [5.74, 6) is 0. The fourth-order valence-electron chi connectivity index (χ4n) is 1.62. The standard InChI is InChI=1S/C12H16Cl2N2O/c13-11-6-2-1-4-10(11)5-3-9-15-16(17)12(14)7-8-12/h1-2,4,6,15,17H,3,5,7-9H2. The van der Waals surface area contributed by atoms with Crippen LogP contribution in [0.2, 0.25) is 5.02 Å². The van der Waals surface area contributed by atoms with E-state index in [0.717, 1.165) is 41.4 Å². The van der Waals surface area contributed by atoms with Gasteiger partial charge in [-0.2, -0.15) is 0 Å². The molecule has 1 aromatic carbocycles. The molecular weight excluding hydrogens is 259 g/mol. The zero-order valence-corrected chi connectivity index (χ0v) is 11.0. The van der Waals surface area contributed by atoms with Crippen molar-refractivity contribution in [3.05, 3.63) is 34.9 Å². The minimum atomic E-state index is -0.565. The summed E-state index contributed by atoms with van der Waals surface area (Å²) in [7, 11) is 0. The molecule has 0 atom stereocenters. The number of halogens is 2. The van der Waals surface area contributed by atoms with Crippen molar-refractivity contribution >= 4 is 23.2 Å². The van der Waals surface area contributed by atoms with E-state index in [1.165, 1.54) is 0 Å². The Morgan fingerprint density at radius 2 is 2.06 bits per heavy atom. The molecule has 1 aliphatic rings. The molecule has 0 spiro atoms. The lowest BCUT2D eigenvalue weighted by Crippen LogP contribution is -2.42. The van der Waals surface area contributed by atoms with Crippen LogP contribution in [0, 0.1) is 0 Å². The van der Waals surface area contributed by atoms with E-state index in [9.17, 15) is 5.21 Å². The molecule has 0 unspecified atom stereocenters. The van der Waals surface area contributed by atoms with Crippen LogP contribution in [0.3, 0.4) is 0 Å². The Morgan fingerprint density at radius 1 is 1.35 bits per heavy atom. The maximum absolute atomic E-state index is 9.56. The molecule has 1 saturated carbocycles. The quantitative estimate of drug-likeness (QED) is 0.362. The SMILES string of the molecule is ON(NCCCc1ccccc1Cl)C1(Cl)CC1. The number of hydroxylamine groups is 1. The largest absolute Gasteiger partial charge is 0.297 e. The number of nitrogens with zero attached hydrogens (tertiary/aromatic N) is 1. The third-order valence-electron chi connectivity index (χ3n) is 2.88. The molecule has 2 N–H and O–H groups in total. The van der Waals surface area contributed by atoms with Crippen LogP contribution in [0.1, 0.15) is 24.8 Å². The molecule has 0 aliphatic heterocycles. The third kappa shape index (κ3) is 3.57. The van der Waals surface area contributed by atoms with E-state index in [1.807, 2.05) is 24.3 Å². The molecule has 0 aromatic heterocycles. The molecule has 0 heterocycles. The minimum absolute atomic E-state index is 0.565. The Hall–Kier alpha value is -0.320. The van der Waals surface area contributed by atoms with Crippen LogP contribution in [-0.4, -0.2) is 21.9 Å². The highest BCUT2D eigenvalue weighted by Crippen LogP contribution is 2.43. The number of hydrazine groups is 1. The van der Waals surface area contributed by atoms with E-state index in [-0.39, 0.29) is 0 Å². The number of alkyl halides is 1. The summed E-state index contributed by atoms with van der Waals surface area (Å²) in [6.07, 6.45) is 3.43. The van der Waals surface area contributed by atoms with E-state index in [4.69, 9.17) is 23.2 Å². The number of rotatable bonds is 6. The summed E-state index contributed by atoms with van der Waals surface area (Å²) >= 11 is 12.1. The highest BCUT2D eigenvalue weighted by molar-refractivity contribution is 6.31. The van der Waals surface area contributed by atoms with Crippen molar-refractivity contribution in [2.45, 2.75) is 30.7 Å². The summed E-state index contributed by atoms with van der Waals surface area (Å²) in [4.78, 5) is -0.565. The second-order valence-corrected chi connectivity index (χ2v) is 5.44. The van der Waals surface area contributed by atoms with Crippen molar-refractivity contribution in [2.75, 3.05) is 6.54 Å². The van der Waals surface area contributed by atoms with E-state index < -0.39 is 5.00 Å². The number of hydrogen-bond donors (Lipinski definition) is 2. The third-order valence-corrected chi connectivity index (χ3v) is 3.79. The second kappa shape index (κ2) is 5.55. The lowest BCUT2D eigenvalue weighted by atomic mass is 10.1. The summed E-state index contributed by atoms with van der Waals surface area (Å²) in [5.41, 5.74) is 4.02. The lowest BCUT2D eigenvalue weighted by Gasteiger charge is -2.20. The molecule has 1 aromatic rings. The Balaban J connectivity index is 1.68. The van der Waals surface area contributed by atoms with Gasteiger partial charge in [0.15, 0.2) is 0 Å². The highest BCUT2D eigenvalue weighted by atomic mass is 35.5. The monoisotopic (exact) mass is 274 g/mol. The van der Waals surface area contributed by atoms with Crippen LogP contribution in [-0.2, 0) is 6.42 Å². The molecule has 0 bridgehead atoms. The highest BCUT2D eigenvalue weighted by Gasteiger charge is 2.46. The molecule has 0 saturated heterocycles. The first-order chi connectivity index (χ1) is 8.12. The Bertz CT molecular complexity index is 383. The smallest absolute Gasteiger partial charge is 0.135 e. The molecule has 94 valence electrons. The van der Waals surface area contributed by atoms with Gasteiger partial charge in [0.25, 0.3) is 0 Å². The first-order valence-electron chi connectivity index (χ1n) is 5.77. The van der Waals surface area contributed by atoms with Crippen LogP contribution >= 0.6 is 23.2 Å². The fourth-order valence-corrected chi connectivity index (χ4v) is 2.01. The van der Waals surface area contributed by atoms with Gasteiger partial charge in [-0.25, -0.2) is 5.43 Å². The van der Waals surface area contributed by atoms with Crippen molar-refractivity contribution in [3.63, 3.8) is 0 Å². The molecule has 0 radical (unpaired) electrons. The zero-order chi connectivity index (χ0) is 12.3. The fraction of sp³-hybridized carbons (Fsp3) is 0.500. The van der Waals surface area contributed by atoms with Crippen molar-refractivity contribution in [1.82, 2.24) is 10.6 Å². The summed E-state index contributed by atoms with van der Waals surface area (Å²) in [6, 6.07) is 7.80. The van der Waals surface area contributed by atoms with Crippen LogP contribution in [0.25, 0.3) is 0 Å². The molecule has 1 aliphatic carbocycles. The zero-order valence-electron chi connectivity index (χ0n) is 9.50. The molecule has 0 amide bonds. The number of aryl methyl sites for hydroxylation is 1. The van der Waals surface area contributed by atoms with Gasteiger partial charge in [0.05, 0.1) is 0 Å². The van der Waals surface area contributed by atoms with E-state index in [1.54, 1.807) is 0 Å². The number of nitrogens with one attached hydrogen (secondary N) is 1. The number of hydrogen-bond acceptors (Lipinski definition) is 3. The van der Waals surface area contributed by atoms with Crippen molar-refractivity contribution in [1.29, 1.82) is 0 Å². The van der Waals surface area contributed by atoms with Gasteiger partial charge < -0.3 is 0 Å². The lowest BCUT2D eigenvalue weighted by molar-refractivity contribution is -0.157. The van der Waals surface area contributed by atoms with Gasteiger partial charge in [-0.15, -0.1) is 5.17 Å². The average Bonchev–Trinajstić information content (AvgIpc) is 3.06. The maximum Gasteiger partial charge on any atom is 0.135 e. The first-order valence-corrected chi connectivity index (χ1v) is 6.52. The van der Waals surface area contributed by atoms with Gasteiger partial charge in [0, 0.05) is 11.6 Å². The predicted molar refractivity (Wildman–Crippen MR) is 69.2 cm³/mol. The molecular formula is C12H16Cl2N2O. The Labute approximate surface area is 111 Å². The van der Waals surface area contributed by atoms with E-state index in [0.29, 0.717) is 6.54 Å². The van der Waals surface area contributed by atoms with Crippen molar-refractivity contribution in [2.24, 2.45) is 0 Å². The van der Waals surface area contributed by atoms with Crippen molar-refractivity contribution < 1.29 is 5.21 Å². The molecule has 2 rings (SSSR count). The second-order valence-electron chi connectivity index (χ2n) is 4.33. The average molecular weight is 275 g/mol. The van der Waals surface area contributed by atoms with Crippen LogP contribution in [0.5, 0.6) is 0 Å². The van der Waals surface area contributed by atoms with Crippen molar-refractivity contribution in [3.8, 4) is 0 Å². The van der Waals surface area contributed by atoms with Crippen LogP contribution in [0.4, 0.5) is 0 Å². The Morgan fingerprint density at radius 3 is 2.71 bits per heavy atom. The van der Waals surface area contributed by atoms with Gasteiger partial charge in [-0.3, -0.25) is 5.21 Å². The van der Waals surface area contributed by atoms with Gasteiger partial charge >= 0.3 is 0 Å². The van der Waals surface area contributed by atoms with Gasteiger partial charge in [-0.1, -0.05) is 41.4 Å². The normalized spacial score (nSPS) is 17.4. The summed E-state index contributed by atoms with van der Waals surface area (Å²) in [5, 5.41) is 11.4. The van der Waals surface area contributed by atoms with Gasteiger partial charge in [-0.05, 0) is 37.3 Å². The van der Waals surface area contributed by atoms with E-state index in [2.05, 4.69) is 5.43 Å². The van der Waals surface area contributed by atoms with Gasteiger partial charge in [0.1, 0.15) is 5.00 Å². The maximum atomic E-state index is 9.56. The summed E-state index contributed by atoms with van der Waals surface area (Å²) < 4.78 is 0. The van der Waals surface area contributed by atoms with Crippen LogP contribution in [0.15, 0.2) is 24.3 Å². The summed E-state index contributed by atoms with van der Waals surface area (Å²) in [6.45, 7) is 0.677. The molecule has 1 fully saturated rings. The molecule has 5 heteroatoms. The first kappa shape index (κ1) is 13.1. The topological polar surface area (TPSA) is 35.5 Å². The van der Waals surface area contributed by atoms with Crippen LogP contribution < -0.4 is 5.43 Å². The molecule has 17 heavy (non-hydrogen) atoms. The number of benzene rings is 1. The minimum Gasteiger partial charge on any atom is -0.297 e. The predicted octanol–water partition coefficient (Wildman–Crippen LogP) is 3.20.